The molecule has 0 saturated carbocycles. The number of rotatable bonds is 5. The molecule has 0 bridgehead atoms. The van der Waals surface area contributed by atoms with Gasteiger partial charge in [-0.1, -0.05) is 0 Å². The zero-order valence-electron chi connectivity index (χ0n) is 8.77. The second-order valence-electron chi connectivity index (χ2n) is 3.14. The summed E-state index contributed by atoms with van der Waals surface area (Å²) >= 11 is 0. The van der Waals surface area contributed by atoms with Crippen LogP contribution in [0.25, 0.3) is 0 Å². The van der Waals surface area contributed by atoms with Crippen molar-refractivity contribution in [3.63, 3.8) is 0 Å². The normalized spacial score (nSPS) is 11.0. The molecule has 2 N–H and O–H groups in total. The minimum Gasteiger partial charge on any atom is -0.356 e. The molecule has 1 aromatic rings. The highest BCUT2D eigenvalue weighted by atomic mass is 32.2. The van der Waals surface area contributed by atoms with Crippen molar-refractivity contribution in [3.05, 3.63) is 5.82 Å². The quantitative estimate of drug-likeness (QED) is 0.685. The summed E-state index contributed by atoms with van der Waals surface area (Å²) in [4.78, 5) is 11.6. The Labute approximate surface area is 97.1 Å². The summed E-state index contributed by atoms with van der Waals surface area (Å²) in [7, 11) is -3.87. The van der Waals surface area contributed by atoms with E-state index in [4.69, 9.17) is 5.26 Å². The topological polar surface area (TPSA) is 145 Å². The fourth-order valence-electron chi connectivity index (χ4n) is 1.03. The van der Waals surface area contributed by atoms with Gasteiger partial charge in [0.1, 0.15) is 6.54 Å². The molecule has 1 rings (SSSR count). The van der Waals surface area contributed by atoms with Crippen molar-refractivity contribution < 1.29 is 13.2 Å². The van der Waals surface area contributed by atoms with E-state index in [-0.39, 0.29) is 25.1 Å². The zero-order chi connectivity index (χ0) is 12.9. The zero-order valence-corrected chi connectivity index (χ0v) is 9.59. The number of nitrogens with zero attached hydrogens (tertiary/aromatic N) is 5. The number of amides is 1. The van der Waals surface area contributed by atoms with Crippen LogP contribution >= 0.6 is 0 Å². The Bertz CT molecular complexity index is 542. The highest BCUT2D eigenvalue weighted by Crippen LogP contribution is 1.99. The highest BCUT2D eigenvalue weighted by molar-refractivity contribution is 8.05. The van der Waals surface area contributed by atoms with Crippen LogP contribution in [0.2, 0.25) is 0 Å². The Morgan fingerprint density at radius 1 is 1.53 bits per heavy atom. The smallest absolute Gasteiger partial charge is 0.333 e. The Morgan fingerprint density at radius 2 is 2.24 bits per heavy atom. The van der Waals surface area contributed by atoms with Crippen LogP contribution in [-0.2, 0) is 22.8 Å². The van der Waals surface area contributed by atoms with Gasteiger partial charge >= 0.3 is 5.24 Å². The first-order valence-corrected chi connectivity index (χ1v) is 6.27. The number of carbonyl (C=O) groups excluding carboxylic acids is 1. The first kappa shape index (κ1) is 13.0. The van der Waals surface area contributed by atoms with Crippen LogP contribution in [0, 0.1) is 11.3 Å². The molecular formula is C7H10N6O3S. The lowest BCUT2D eigenvalue weighted by Crippen LogP contribution is -2.24. The minimum atomic E-state index is -3.87. The van der Waals surface area contributed by atoms with Gasteiger partial charge in [0.2, 0.25) is 9.84 Å². The van der Waals surface area contributed by atoms with Crippen molar-refractivity contribution in [1.29, 1.82) is 5.26 Å². The fourth-order valence-corrected chi connectivity index (χ4v) is 1.75. The third-order valence-corrected chi connectivity index (χ3v) is 3.27. The molecule has 0 aliphatic carbocycles. The van der Waals surface area contributed by atoms with Gasteiger partial charge in [-0.25, -0.2) is 8.42 Å². The van der Waals surface area contributed by atoms with E-state index in [9.17, 15) is 13.2 Å². The number of tetrazole rings is 1. The van der Waals surface area contributed by atoms with Crippen LogP contribution in [0.3, 0.4) is 0 Å². The summed E-state index contributed by atoms with van der Waals surface area (Å²) in [6.07, 6.45) is 0.418. The first-order chi connectivity index (χ1) is 7.95. The molecule has 10 heteroatoms. The maximum absolute atomic E-state index is 11.0. The van der Waals surface area contributed by atoms with Gasteiger partial charge in [-0.05, 0) is 11.6 Å². The molecule has 1 heterocycles. The lowest BCUT2D eigenvalue weighted by atomic mass is 10.3. The van der Waals surface area contributed by atoms with Crippen LogP contribution in [-0.4, -0.2) is 39.6 Å². The summed E-state index contributed by atoms with van der Waals surface area (Å²) in [6.45, 7) is -0.0212. The highest BCUT2D eigenvalue weighted by Gasteiger charge is 2.18. The van der Waals surface area contributed by atoms with Gasteiger partial charge in [-0.2, -0.15) is 5.26 Å². The molecule has 0 aromatic carbocycles. The molecule has 0 spiro atoms. The van der Waals surface area contributed by atoms with Gasteiger partial charge in [-0.15, -0.1) is 15.0 Å². The summed E-state index contributed by atoms with van der Waals surface area (Å²) < 4.78 is 22.1. The second-order valence-corrected chi connectivity index (χ2v) is 5.18. The SMILES string of the molecule is N#CCn1nnc(CCCS(=O)(=O)C(N)=O)n1. The lowest BCUT2D eigenvalue weighted by molar-refractivity contribution is 0.265. The average Bonchev–Trinajstić information content (AvgIpc) is 2.66. The third-order valence-electron chi connectivity index (χ3n) is 1.83. The van der Waals surface area contributed by atoms with E-state index in [1.54, 1.807) is 0 Å². The predicted molar refractivity (Wildman–Crippen MR) is 55.1 cm³/mol. The Hall–Kier alpha value is -2.02. The summed E-state index contributed by atoms with van der Waals surface area (Å²) in [5.74, 6) is -0.0327. The predicted octanol–water partition coefficient (Wildman–Crippen LogP) is -1.38. The molecule has 92 valence electrons. The first-order valence-electron chi connectivity index (χ1n) is 4.61. The van der Waals surface area contributed by atoms with Crippen molar-refractivity contribution in [2.75, 3.05) is 5.75 Å². The van der Waals surface area contributed by atoms with E-state index in [0.717, 1.165) is 4.80 Å². The molecule has 17 heavy (non-hydrogen) atoms. The van der Waals surface area contributed by atoms with Gasteiger partial charge in [0.15, 0.2) is 5.82 Å². The van der Waals surface area contributed by atoms with E-state index >= 15 is 0 Å². The number of primary amides is 1. The number of sulfone groups is 1. The number of nitriles is 1. The van der Waals surface area contributed by atoms with Crippen molar-refractivity contribution >= 4 is 15.1 Å². The molecular weight excluding hydrogens is 248 g/mol. The van der Waals surface area contributed by atoms with Crippen molar-refractivity contribution in [3.8, 4) is 6.07 Å². The average molecular weight is 258 g/mol. The molecule has 0 atom stereocenters. The van der Waals surface area contributed by atoms with Crippen molar-refractivity contribution in [2.45, 2.75) is 19.4 Å². The molecule has 0 aliphatic heterocycles. The Balaban J connectivity index is 2.46. The van der Waals surface area contributed by atoms with Crippen molar-refractivity contribution in [2.24, 2.45) is 5.73 Å². The van der Waals surface area contributed by atoms with E-state index in [1.807, 2.05) is 6.07 Å². The maximum Gasteiger partial charge on any atom is 0.333 e. The maximum atomic E-state index is 11.0. The van der Waals surface area contributed by atoms with Gasteiger partial charge in [0.05, 0.1) is 11.8 Å². The van der Waals surface area contributed by atoms with Crippen LogP contribution < -0.4 is 5.73 Å². The monoisotopic (exact) mass is 258 g/mol. The number of nitrogens with two attached hydrogens (primary N) is 1. The number of carbonyl (C=O) groups is 1. The molecule has 0 aliphatic rings. The van der Waals surface area contributed by atoms with Gasteiger partial charge in [0.25, 0.3) is 0 Å². The van der Waals surface area contributed by atoms with Crippen LogP contribution in [0.4, 0.5) is 4.79 Å². The molecule has 0 radical (unpaired) electrons. The van der Waals surface area contributed by atoms with Gasteiger partial charge < -0.3 is 5.73 Å². The van der Waals surface area contributed by atoms with Crippen LogP contribution in [0.15, 0.2) is 0 Å². The van der Waals surface area contributed by atoms with Crippen LogP contribution in [0.5, 0.6) is 0 Å². The molecule has 9 nitrogen and oxygen atoms in total. The summed E-state index contributed by atoms with van der Waals surface area (Å²) in [5.41, 5.74) is 4.68. The largest absolute Gasteiger partial charge is 0.356 e. The van der Waals surface area contributed by atoms with Gasteiger partial charge in [-0.3, -0.25) is 4.79 Å². The Morgan fingerprint density at radius 3 is 2.82 bits per heavy atom. The standard InChI is InChI=1S/C7H10N6O3S/c8-3-4-13-11-6(10-12-13)2-1-5-17(15,16)7(9)14/h1-2,4-5H2,(H2,9,14). The summed E-state index contributed by atoms with van der Waals surface area (Å²) in [5, 5.41) is 18.0. The minimum absolute atomic E-state index is 0.0212. The molecule has 0 fully saturated rings. The number of aryl methyl sites for hydroxylation is 1. The Kier molecular flexibility index (Phi) is 4.11. The number of hydrogen-bond acceptors (Lipinski definition) is 7. The van der Waals surface area contributed by atoms with E-state index in [0.29, 0.717) is 5.82 Å². The second kappa shape index (κ2) is 5.35. The molecule has 1 amide bonds. The van der Waals surface area contributed by atoms with Crippen LogP contribution in [0.1, 0.15) is 12.2 Å². The lowest BCUT2D eigenvalue weighted by Gasteiger charge is -1.96. The molecule has 0 unspecified atom stereocenters. The molecule has 1 aromatic heterocycles. The van der Waals surface area contributed by atoms with Gasteiger partial charge in [0, 0.05) is 6.42 Å². The number of hydrogen-bond donors (Lipinski definition) is 1. The van der Waals surface area contributed by atoms with E-state index in [2.05, 4.69) is 21.1 Å². The van der Waals surface area contributed by atoms with E-state index < -0.39 is 15.1 Å². The van der Waals surface area contributed by atoms with E-state index in [1.165, 1.54) is 0 Å². The number of aromatic nitrogens is 4. The molecule has 0 saturated heterocycles. The summed E-state index contributed by atoms with van der Waals surface area (Å²) in [6, 6.07) is 1.83. The van der Waals surface area contributed by atoms with Crippen molar-refractivity contribution in [1.82, 2.24) is 20.2 Å². The third kappa shape index (κ3) is 3.80. The fraction of sp³-hybridized carbons (Fsp3) is 0.571.